The van der Waals surface area contributed by atoms with Gasteiger partial charge in [-0.25, -0.2) is 4.79 Å². The number of hydrogen-bond donors (Lipinski definition) is 0. The predicted molar refractivity (Wildman–Crippen MR) is 96.2 cm³/mol. The van der Waals surface area contributed by atoms with Crippen molar-refractivity contribution in [3.8, 4) is 0 Å². The Kier molecular flexibility index (Phi) is 8.33. The second-order valence-corrected chi connectivity index (χ2v) is 7.79. The predicted octanol–water partition coefficient (Wildman–Crippen LogP) is 3.52. The summed E-state index contributed by atoms with van der Waals surface area (Å²) in [6, 6.07) is 0.302. The summed E-state index contributed by atoms with van der Waals surface area (Å²) >= 11 is 0. The number of hydrogen-bond acceptors (Lipinski definition) is 4. The summed E-state index contributed by atoms with van der Waals surface area (Å²) in [5.41, 5.74) is 0. The molecule has 1 heterocycles. The third-order valence-corrected chi connectivity index (χ3v) is 5.19. The zero-order chi connectivity index (χ0) is 17.4. The lowest BCUT2D eigenvalue weighted by atomic mass is 9.92. The molecule has 1 aliphatic carbocycles. The smallest absolute Gasteiger partial charge is 0.409 e. The first kappa shape index (κ1) is 19.5. The molecule has 0 aromatic heterocycles. The molecule has 1 amide bonds. The highest BCUT2D eigenvalue weighted by Crippen LogP contribution is 2.25. The fraction of sp³-hybridized carbons (Fsp3) is 0.947. The molecule has 24 heavy (non-hydrogen) atoms. The van der Waals surface area contributed by atoms with E-state index in [-0.39, 0.29) is 6.09 Å². The number of nitrogens with zero attached hydrogens (tertiary/aromatic N) is 2. The van der Waals surface area contributed by atoms with Gasteiger partial charge in [-0.05, 0) is 70.5 Å². The van der Waals surface area contributed by atoms with Crippen molar-refractivity contribution in [3.63, 3.8) is 0 Å². The molecule has 140 valence electrons. The van der Waals surface area contributed by atoms with Crippen LogP contribution in [-0.4, -0.2) is 67.9 Å². The average molecular weight is 341 g/mol. The van der Waals surface area contributed by atoms with Gasteiger partial charge in [0.2, 0.25) is 0 Å². The van der Waals surface area contributed by atoms with Crippen molar-refractivity contribution in [2.24, 2.45) is 5.92 Å². The molecular formula is C19H36N2O3. The van der Waals surface area contributed by atoms with E-state index in [1.165, 1.54) is 32.5 Å². The van der Waals surface area contributed by atoms with Crippen molar-refractivity contribution in [3.05, 3.63) is 0 Å². The van der Waals surface area contributed by atoms with Crippen LogP contribution in [0.5, 0.6) is 0 Å². The van der Waals surface area contributed by atoms with E-state index in [4.69, 9.17) is 9.47 Å². The molecule has 5 heteroatoms. The summed E-state index contributed by atoms with van der Waals surface area (Å²) in [5.74, 6) is 0.382. The molecular weight excluding hydrogens is 304 g/mol. The monoisotopic (exact) mass is 340 g/mol. The van der Waals surface area contributed by atoms with Crippen molar-refractivity contribution in [2.75, 3.05) is 39.9 Å². The van der Waals surface area contributed by atoms with E-state index in [9.17, 15) is 4.79 Å². The number of rotatable bonds is 9. The summed E-state index contributed by atoms with van der Waals surface area (Å²) in [6.45, 7) is 9.31. The van der Waals surface area contributed by atoms with E-state index in [0.717, 1.165) is 38.7 Å². The molecule has 2 rings (SSSR count). The van der Waals surface area contributed by atoms with Gasteiger partial charge in [-0.1, -0.05) is 13.8 Å². The van der Waals surface area contributed by atoms with Crippen LogP contribution in [-0.2, 0) is 9.47 Å². The Hall–Kier alpha value is -0.810. The van der Waals surface area contributed by atoms with Crippen LogP contribution in [0.3, 0.4) is 0 Å². The van der Waals surface area contributed by atoms with Crippen molar-refractivity contribution >= 4 is 6.09 Å². The molecule has 0 N–H and O–H groups in total. The average Bonchev–Trinajstić information content (AvgIpc) is 2.54. The maximum absolute atomic E-state index is 12.0. The summed E-state index contributed by atoms with van der Waals surface area (Å²) in [5, 5.41) is 0. The summed E-state index contributed by atoms with van der Waals surface area (Å²) in [4.78, 5) is 16.3. The van der Waals surface area contributed by atoms with Gasteiger partial charge in [-0.3, -0.25) is 0 Å². The van der Waals surface area contributed by atoms with Crippen LogP contribution < -0.4 is 0 Å². The minimum atomic E-state index is -0.181. The maximum Gasteiger partial charge on any atom is 0.409 e. The first-order valence-electron chi connectivity index (χ1n) is 9.79. The Morgan fingerprint density at radius 2 is 1.88 bits per heavy atom. The van der Waals surface area contributed by atoms with E-state index in [1.54, 1.807) is 4.90 Å². The van der Waals surface area contributed by atoms with Crippen LogP contribution >= 0.6 is 0 Å². The fourth-order valence-corrected chi connectivity index (χ4v) is 3.38. The first-order valence-corrected chi connectivity index (χ1v) is 9.79. The number of carbonyl (C=O) groups is 1. The van der Waals surface area contributed by atoms with E-state index in [1.807, 2.05) is 7.05 Å². The second-order valence-electron chi connectivity index (χ2n) is 7.79. The molecule has 1 saturated heterocycles. The Balaban J connectivity index is 1.52. The lowest BCUT2D eigenvalue weighted by Gasteiger charge is -2.34. The van der Waals surface area contributed by atoms with Gasteiger partial charge in [0, 0.05) is 19.7 Å². The second kappa shape index (κ2) is 10.2. The number of likely N-dealkylation sites (tertiary alicyclic amines) is 1. The number of amides is 1. The highest BCUT2D eigenvalue weighted by atomic mass is 16.6. The third-order valence-electron chi connectivity index (χ3n) is 5.19. The van der Waals surface area contributed by atoms with E-state index in [0.29, 0.717) is 24.7 Å². The van der Waals surface area contributed by atoms with Crippen molar-refractivity contribution in [1.29, 1.82) is 0 Å². The topological polar surface area (TPSA) is 42.0 Å². The Labute approximate surface area is 147 Å². The van der Waals surface area contributed by atoms with Gasteiger partial charge in [0.1, 0.15) is 0 Å². The van der Waals surface area contributed by atoms with Gasteiger partial charge in [0.25, 0.3) is 0 Å². The number of carbonyl (C=O) groups excluding carboxylic acids is 1. The van der Waals surface area contributed by atoms with Crippen LogP contribution in [0.1, 0.15) is 58.8 Å². The lowest BCUT2D eigenvalue weighted by Crippen LogP contribution is -2.41. The van der Waals surface area contributed by atoms with E-state index < -0.39 is 0 Å². The molecule has 2 fully saturated rings. The summed E-state index contributed by atoms with van der Waals surface area (Å²) < 4.78 is 11.4. The molecule has 5 nitrogen and oxygen atoms in total. The van der Waals surface area contributed by atoms with E-state index in [2.05, 4.69) is 18.7 Å². The number of ether oxygens (including phenoxy) is 2. The molecule has 0 unspecified atom stereocenters. The highest BCUT2D eigenvalue weighted by molar-refractivity contribution is 5.67. The molecule has 1 saturated carbocycles. The van der Waals surface area contributed by atoms with Gasteiger partial charge in [0.05, 0.1) is 12.7 Å². The Morgan fingerprint density at radius 3 is 2.46 bits per heavy atom. The molecule has 0 spiro atoms. The lowest BCUT2D eigenvalue weighted by molar-refractivity contribution is 0.00591. The third kappa shape index (κ3) is 6.60. The summed E-state index contributed by atoms with van der Waals surface area (Å²) in [6.07, 6.45) is 8.13. The van der Waals surface area contributed by atoms with Crippen LogP contribution in [0.4, 0.5) is 4.79 Å². The van der Waals surface area contributed by atoms with Crippen LogP contribution in [0.25, 0.3) is 0 Å². The Bertz CT molecular complexity index is 364. The largest absolute Gasteiger partial charge is 0.449 e. The highest BCUT2D eigenvalue weighted by Gasteiger charge is 2.27. The van der Waals surface area contributed by atoms with Crippen molar-refractivity contribution in [2.45, 2.75) is 70.9 Å². The molecule has 0 radical (unpaired) electrons. The molecule has 2 aliphatic rings. The molecule has 0 aromatic rings. The normalized spacial score (nSPS) is 24.7. The maximum atomic E-state index is 12.0. The molecule has 1 aliphatic heterocycles. The minimum absolute atomic E-state index is 0.181. The number of unbranched alkanes of at least 4 members (excludes halogenated alkanes) is 1. The van der Waals surface area contributed by atoms with Crippen molar-refractivity contribution in [1.82, 2.24) is 9.80 Å². The molecule has 0 bridgehead atoms. The standard InChI is InChI=1S/C19H36N2O3/c1-16(2)15-24-19(22)20(3)17-7-9-18(10-8-17)23-14-5-4-11-21-12-6-13-21/h16-18H,4-15H2,1-3H3/t17-,18-. The first-order chi connectivity index (χ1) is 11.6. The van der Waals surface area contributed by atoms with Crippen LogP contribution in [0.15, 0.2) is 0 Å². The zero-order valence-corrected chi connectivity index (χ0v) is 15.8. The van der Waals surface area contributed by atoms with Gasteiger partial charge in [0.15, 0.2) is 0 Å². The van der Waals surface area contributed by atoms with Gasteiger partial charge in [-0.15, -0.1) is 0 Å². The molecule has 0 atom stereocenters. The fourth-order valence-electron chi connectivity index (χ4n) is 3.38. The molecule has 0 aromatic carbocycles. The van der Waals surface area contributed by atoms with Gasteiger partial charge in [-0.2, -0.15) is 0 Å². The summed E-state index contributed by atoms with van der Waals surface area (Å²) in [7, 11) is 1.87. The van der Waals surface area contributed by atoms with Crippen LogP contribution in [0, 0.1) is 5.92 Å². The van der Waals surface area contributed by atoms with Crippen molar-refractivity contribution < 1.29 is 14.3 Å². The Morgan fingerprint density at radius 1 is 1.17 bits per heavy atom. The quantitative estimate of drug-likeness (QED) is 0.602. The SMILES string of the molecule is CC(C)COC(=O)N(C)[C@H]1CC[C@H](OCCCCN2CCC2)CC1. The van der Waals surface area contributed by atoms with Gasteiger partial charge >= 0.3 is 6.09 Å². The van der Waals surface area contributed by atoms with E-state index >= 15 is 0 Å². The minimum Gasteiger partial charge on any atom is -0.449 e. The van der Waals surface area contributed by atoms with Gasteiger partial charge < -0.3 is 19.3 Å². The zero-order valence-electron chi connectivity index (χ0n) is 15.8. The van der Waals surface area contributed by atoms with Crippen LogP contribution in [0.2, 0.25) is 0 Å².